The molecule has 1 aromatic rings. The van der Waals surface area contributed by atoms with Crippen molar-refractivity contribution in [2.75, 3.05) is 13.1 Å². The van der Waals surface area contributed by atoms with Crippen molar-refractivity contribution in [3.63, 3.8) is 0 Å². The van der Waals surface area contributed by atoms with Crippen LogP contribution in [-0.2, 0) is 0 Å². The molecule has 1 aliphatic rings. The van der Waals surface area contributed by atoms with Gasteiger partial charge in [0.05, 0.1) is 24.8 Å². The summed E-state index contributed by atoms with van der Waals surface area (Å²) in [6.45, 7) is -1.29. The van der Waals surface area contributed by atoms with Crippen molar-refractivity contribution < 1.29 is 18.0 Å². The monoisotopic (exact) mass is 216 g/mol. The molecule has 2 heterocycles. The van der Waals surface area contributed by atoms with Crippen LogP contribution in [0, 0.1) is 5.82 Å². The standard InChI is InChI=1S/C9H7F3N2O/c10-7-3-13-2-1-6(7)8(15)14-4-9(11,12)5-14/h1-3H,4-5H2. The second-order valence-corrected chi connectivity index (χ2v) is 3.37. The van der Waals surface area contributed by atoms with E-state index < -0.39 is 30.7 Å². The quantitative estimate of drug-likeness (QED) is 0.709. The lowest BCUT2D eigenvalue weighted by Gasteiger charge is -2.38. The highest BCUT2D eigenvalue weighted by atomic mass is 19.3. The average Bonchev–Trinajstić information content (AvgIpc) is 2.14. The molecule has 1 fully saturated rings. The van der Waals surface area contributed by atoms with E-state index in [4.69, 9.17) is 0 Å². The van der Waals surface area contributed by atoms with Gasteiger partial charge in [0.2, 0.25) is 0 Å². The van der Waals surface area contributed by atoms with Crippen molar-refractivity contribution in [3.8, 4) is 0 Å². The molecule has 0 unspecified atom stereocenters. The number of pyridine rings is 1. The van der Waals surface area contributed by atoms with Crippen molar-refractivity contribution in [2.45, 2.75) is 5.92 Å². The minimum absolute atomic E-state index is 0.222. The summed E-state index contributed by atoms with van der Waals surface area (Å²) < 4.78 is 38.0. The zero-order valence-electron chi connectivity index (χ0n) is 7.58. The summed E-state index contributed by atoms with van der Waals surface area (Å²) in [6, 6.07) is 1.17. The number of amides is 1. The summed E-state index contributed by atoms with van der Waals surface area (Å²) in [5, 5.41) is 0. The van der Waals surface area contributed by atoms with Crippen LogP contribution in [-0.4, -0.2) is 34.8 Å². The van der Waals surface area contributed by atoms with Gasteiger partial charge in [0.25, 0.3) is 11.8 Å². The molecule has 2 rings (SSSR count). The van der Waals surface area contributed by atoms with Crippen LogP contribution < -0.4 is 0 Å². The Morgan fingerprint density at radius 3 is 2.67 bits per heavy atom. The van der Waals surface area contributed by atoms with E-state index >= 15 is 0 Å². The molecule has 1 amide bonds. The number of halogens is 3. The van der Waals surface area contributed by atoms with Crippen molar-refractivity contribution in [1.82, 2.24) is 9.88 Å². The molecule has 0 radical (unpaired) electrons. The number of carbonyl (C=O) groups is 1. The Bertz CT molecular complexity index is 400. The first-order chi connectivity index (χ1) is 6.99. The zero-order chi connectivity index (χ0) is 11.1. The van der Waals surface area contributed by atoms with Gasteiger partial charge in [-0.2, -0.15) is 0 Å². The predicted molar refractivity (Wildman–Crippen MR) is 45.0 cm³/mol. The van der Waals surface area contributed by atoms with Gasteiger partial charge in [0, 0.05) is 6.20 Å². The summed E-state index contributed by atoms with van der Waals surface area (Å²) in [5.74, 6) is -4.35. The Hall–Kier alpha value is -1.59. The van der Waals surface area contributed by atoms with Gasteiger partial charge in [-0.3, -0.25) is 9.78 Å². The molecule has 1 aliphatic heterocycles. The maximum atomic E-state index is 13.1. The molecule has 0 aromatic carbocycles. The Morgan fingerprint density at radius 1 is 1.47 bits per heavy atom. The van der Waals surface area contributed by atoms with E-state index in [1.807, 2.05) is 0 Å². The number of nitrogens with zero attached hydrogens (tertiary/aromatic N) is 2. The van der Waals surface area contributed by atoms with Crippen molar-refractivity contribution in [3.05, 3.63) is 29.8 Å². The fourth-order valence-electron chi connectivity index (χ4n) is 1.37. The third-order valence-electron chi connectivity index (χ3n) is 2.13. The summed E-state index contributed by atoms with van der Waals surface area (Å²) in [5.41, 5.74) is -0.222. The number of hydrogen-bond donors (Lipinski definition) is 0. The second kappa shape index (κ2) is 3.22. The molecule has 6 heteroatoms. The van der Waals surface area contributed by atoms with E-state index in [9.17, 15) is 18.0 Å². The van der Waals surface area contributed by atoms with Crippen LogP contribution in [0.5, 0.6) is 0 Å². The Kier molecular flexibility index (Phi) is 2.13. The molecule has 1 saturated heterocycles. The lowest BCUT2D eigenvalue weighted by Crippen LogP contribution is -2.58. The number of rotatable bonds is 1. The molecule has 15 heavy (non-hydrogen) atoms. The van der Waals surface area contributed by atoms with Crippen LogP contribution in [0.25, 0.3) is 0 Å². The fraction of sp³-hybridized carbons (Fsp3) is 0.333. The molecule has 0 aliphatic carbocycles. The van der Waals surface area contributed by atoms with Gasteiger partial charge < -0.3 is 4.90 Å². The molecule has 0 atom stereocenters. The van der Waals surface area contributed by atoms with Gasteiger partial charge in [0.15, 0.2) is 5.82 Å². The largest absolute Gasteiger partial charge is 0.326 e. The van der Waals surface area contributed by atoms with Gasteiger partial charge in [-0.05, 0) is 6.07 Å². The first-order valence-corrected chi connectivity index (χ1v) is 4.26. The van der Waals surface area contributed by atoms with E-state index in [2.05, 4.69) is 4.98 Å². The molecule has 0 N–H and O–H groups in total. The lowest BCUT2D eigenvalue weighted by atomic mass is 10.1. The SMILES string of the molecule is O=C(c1ccncc1F)N1CC(F)(F)C1. The highest BCUT2D eigenvalue weighted by molar-refractivity contribution is 5.95. The van der Waals surface area contributed by atoms with Crippen LogP contribution in [0.15, 0.2) is 18.5 Å². The molecular weight excluding hydrogens is 209 g/mol. The number of alkyl halides is 2. The Balaban J connectivity index is 2.14. The van der Waals surface area contributed by atoms with Gasteiger partial charge in [0.1, 0.15) is 0 Å². The van der Waals surface area contributed by atoms with E-state index in [0.29, 0.717) is 0 Å². The first kappa shape index (κ1) is 9.95. The third-order valence-corrected chi connectivity index (χ3v) is 2.13. The van der Waals surface area contributed by atoms with Crippen LogP contribution >= 0.6 is 0 Å². The predicted octanol–water partition coefficient (Wildman–Crippen LogP) is 1.31. The van der Waals surface area contributed by atoms with Gasteiger partial charge in [-0.1, -0.05) is 0 Å². The van der Waals surface area contributed by atoms with Crippen LogP contribution in [0.3, 0.4) is 0 Å². The minimum Gasteiger partial charge on any atom is -0.326 e. The number of carbonyl (C=O) groups excluding carboxylic acids is 1. The smallest absolute Gasteiger partial charge is 0.282 e. The van der Waals surface area contributed by atoms with E-state index in [0.717, 1.165) is 11.1 Å². The lowest BCUT2D eigenvalue weighted by molar-refractivity contribution is -0.113. The van der Waals surface area contributed by atoms with E-state index in [1.165, 1.54) is 12.3 Å². The van der Waals surface area contributed by atoms with Crippen molar-refractivity contribution in [2.24, 2.45) is 0 Å². The van der Waals surface area contributed by atoms with E-state index in [1.54, 1.807) is 0 Å². The topological polar surface area (TPSA) is 33.2 Å². The second-order valence-electron chi connectivity index (χ2n) is 3.37. The molecule has 0 bridgehead atoms. The Morgan fingerprint density at radius 2 is 2.13 bits per heavy atom. The number of aromatic nitrogens is 1. The Labute approximate surface area is 83.5 Å². The summed E-state index contributed by atoms with van der Waals surface area (Å²) in [7, 11) is 0. The summed E-state index contributed by atoms with van der Waals surface area (Å²) in [6.07, 6.45) is 2.12. The van der Waals surface area contributed by atoms with Crippen molar-refractivity contribution in [1.29, 1.82) is 0 Å². The van der Waals surface area contributed by atoms with Crippen LogP contribution in [0.2, 0.25) is 0 Å². The minimum atomic E-state index is -2.83. The first-order valence-electron chi connectivity index (χ1n) is 4.26. The maximum Gasteiger partial charge on any atom is 0.282 e. The van der Waals surface area contributed by atoms with Gasteiger partial charge >= 0.3 is 0 Å². The summed E-state index contributed by atoms with van der Waals surface area (Å²) >= 11 is 0. The third kappa shape index (κ3) is 1.79. The van der Waals surface area contributed by atoms with Crippen LogP contribution in [0.4, 0.5) is 13.2 Å². The van der Waals surface area contributed by atoms with Gasteiger partial charge in [-0.15, -0.1) is 0 Å². The number of likely N-dealkylation sites (tertiary alicyclic amines) is 1. The molecule has 0 saturated carbocycles. The highest BCUT2D eigenvalue weighted by Crippen LogP contribution is 2.28. The molecule has 80 valence electrons. The molecule has 1 aromatic heterocycles. The fourth-order valence-corrected chi connectivity index (χ4v) is 1.37. The highest BCUT2D eigenvalue weighted by Gasteiger charge is 2.46. The number of hydrogen-bond acceptors (Lipinski definition) is 2. The van der Waals surface area contributed by atoms with Gasteiger partial charge in [-0.25, -0.2) is 13.2 Å². The average molecular weight is 216 g/mol. The molecular formula is C9H7F3N2O. The summed E-state index contributed by atoms with van der Waals surface area (Å²) in [4.78, 5) is 15.8. The molecule has 0 spiro atoms. The van der Waals surface area contributed by atoms with E-state index in [-0.39, 0.29) is 5.56 Å². The maximum absolute atomic E-state index is 13.1. The normalized spacial score (nSPS) is 18.5. The zero-order valence-corrected chi connectivity index (χ0v) is 7.58. The molecule has 3 nitrogen and oxygen atoms in total. The van der Waals surface area contributed by atoms with Crippen LogP contribution in [0.1, 0.15) is 10.4 Å². The van der Waals surface area contributed by atoms with Crippen molar-refractivity contribution >= 4 is 5.91 Å².